The third-order valence-corrected chi connectivity index (χ3v) is 3.94. The molecular formula is C17H19NO2. The summed E-state index contributed by atoms with van der Waals surface area (Å²) in [5.41, 5.74) is 4.91. The van der Waals surface area contributed by atoms with Gasteiger partial charge in [0.25, 0.3) is 0 Å². The number of benzene rings is 2. The molecule has 1 aliphatic heterocycles. The van der Waals surface area contributed by atoms with Gasteiger partial charge in [-0.3, -0.25) is 0 Å². The first-order valence-corrected chi connectivity index (χ1v) is 6.92. The van der Waals surface area contributed by atoms with E-state index in [0.29, 0.717) is 0 Å². The molecule has 2 aromatic rings. The molecule has 3 heteroatoms. The number of phenols is 1. The quantitative estimate of drug-likeness (QED) is 0.821. The molecule has 1 unspecified atom stereocenters. The molecule has 0 saturated carbocycles. The highest BCUT2D eigenvalue weighted by molar-refractivity contribution is 5.60. The number of anilines is 1. The standard InChI is InChI=1S/C17H19NO2/c1-11-4-3-5-13(12(11)2)8-15-10-18-16-7-6-14(19)9-17(16)20-15/h3-7,9,15,18-19H,8,10H2,1-2H3. The van der Waals surface area contributed by atoms with Crippen molar-refractivity contribution in [1.29, 1.82) is 0 Å². The molecule has 1 aliphatic rings. The van der Waals surface area contributed by atoms with Crippen molar-refractivity contribution in [3.05, 3.63) is 53.1 Å². The summed E-state index contributed by atoms with van der Waals surface area (Å²) in [5.74, 6) is 0.962. The first-order chi connectivity index (χ1) is 9.63. The van der Waals surface area contributed by atoms with Gasteiger partial charge in [-0.05, 0) is 42.7 Å². The van der Waals surface area contributed by atoms with E-state index in [9.17, 15) is 5.11 Å². The van der Waals surface area contributed by atoms with Crippen molar-refractivity contribution in [3.8, 4) is 11.5 Å². The number of ether oxygens (including phenoxy) is 1. The van der Waals surface area contributed by atoms with E-state index < -0.39 is 0 Å². The third kappa shape index (κ3) is 2.44. The second kappa shape index (κ2) is 5.08. The number of aromatic hydroxyl groups is 1. The second-order valence-electron chi connectivity index (χ2n) is 5.36. The highest BCUT2D eigenvalue weighted by atomic mass is 16.5. The molecule has 20 heavy (non-hydrogen) atoms. The maximum atomic E-state index is 9.54. The predicted octanol–water partition coefficient (Wildman–Crippen LogP) is 3.42. The van der Waals surface area contributed by atoms with Crippen LogP contribution < -0.4 is 10.1 Å². The van der Waals surface area contributed by atoms with Crippen LogP contribution in [0.5, 0.6) is 11.5 Å². The summed E-state index contributed by atoms with van der Waals surface area (Å²) in [6, 6.07) is 11.6. The van der Waals surface area contributed by atoms with Gasteiger partial charge in [0.15, 0.2) is 0 Å². The summed E-state index contributed by atoms with van der Waals surface area (Å²) >= 11 is 0. The normalized spacial score (nSPS) is 17.0. The average Bonchev–Trinajstić information content (AvgIpc) is 2.43. The Kier molecular flexibility index (Phi) is 3.26. The number of aryl methyl sites for hydroxylation is 1. The number of nitrogens with one attached hydrogen (secondary N) is 1. The Balaban J connectivity index is 1.79. The minimum atomic E-state index is 0.0878. The maximum Gasteiger partial charge on any atom is 0.146 e. The van der Waals surface area contributed by atoms with Gasteiger partial charge in [-0.2, -0.15) is 0 Å². The smallest absolute Gasteiger partial charge is 0.146 e. The molecule has 0 aliphatic carbocycles. The lowest BCUT2D eigenvalue weighted by molar-refractivity contribution is 0.205. The Morgan fingerprint density at radius 2 is 2.10 bits per heavy atom. The molecule has 2 aromatic carbocycles. The molecule has 3 rings (SSSR count). The van der Waals surface area contributed by atoms with Crippen LogP contribution in [-0.2, 0) is 6.42 Å². The Morgan fingerprint density at radius 3 is 2.95 bits per heavy atom. The molecule has 0 spiro atoms. The Hall–Kier alpha value is -2.16. The topological polar surface area (TPSA) is 41.5 Å². The van der Waals surface area contributed by atoms with Gasteiger partial charge in [-0.25, -0.2) is 0 Å². The Morgan fingerprint density at radius 1 is 1.25 bits per heavy atom. The van der Waals surface area contributed by atoms with Gasteiger partial charge in [-0.15, -0.1) is 0 Å². The fourth-order valence-electron chi connectivity index (χ4n) is 2.59. The van der Waals surface area contributed by atoms with Crippen molar-refractivity contribution in [1.82, 2.24) is 0 Å². The van der Waals surface area contributed by atoms with E-state index in [2.05, 4.69) is 37.4 Å². The van der Waals surface area contributed by atoms with Crippen molar-refractivity contribution < 1.29 is 9.84 Å². The first kappa shape index (κ1) is 12.9. The Labute approximate surface area is 119 Å². The fourth-order valence-corrected chi connectivity index (χ4v) is 2.59. The summed E-state index contributed by atoms with van der Waals surface area (Å²) in [7, 11) is 0. The third-order valence-electron chi connectivity index (χ3n) is 3.94. The Bertz CT molecular complexity index is 637. The van der Waals surface area contributed by atoms with Crippen molar-refractivity contribution in [2.75, 3.05) is 11.9 Å². The van der Waals surface area contributed by atoms with Crippen molar-refractivity contribution >= 4 is 5.69 Å². The highest BCUT2D eigenvalue weighted by Gasteiger charge is 2.20. The first-order valence-electron chi connectivity index (χ1n) is 6.92. The molecular weight excluding hydrogens is 250 g/mol. The summed E-state index contributed by atoms with van der Waals surface area (Å²) < 4.78 is 5.99. The lowest BCUT2D eigenvalue weighted by Gasteiger charge is -2.28. The molecule has 0 fully saturated rings. The van der Waals surface area contributed by atoms with Crippen molar-refractivity contribution in [3.63, 3.8) is 0 Å². The molecule has 0 bridgehead atoms. The van der Waals surface area contributed by atoms with E-state index in [4.69, 9.17) is 4.74 Å². The van der Waals surface area contributed by atoms with Gasteiger partial charge in [0.05, 0.1) is 12.2 Å². The van der Waals surface area contributed by atoms with Crippen LogP contribution in [0.1, 0.15) is 16.7 Å². The van der Waals surface area contributed by atoms with Crippen LogP contribution in [0.25, 0.3) is 0 Å². The number of rotatable bonds is 2. The van der Waals surface area contributed by atoms with Crippen LogP contribution in [-0.4, -0.2) is 17.8 Å². The number of fused-ring (bicyclic) bond motifs is 1. The minimum Gasteiger partial charge on any atom is -0.508 e. The van der Waals surface area contributed by atoms with Gasteiger partial charge in [0, 0.05) is 12.5 Å². The van der Waals surface area contributed by atoms with E-state index in [1.807, 2.05) is 6.07 Å². The average molecular weight is 269 g/mol. The molecule has 3 nitrogen and oxygen atoms in total. The van der Waals surface area contributed by atoms with Crippen LogP contribution in [0.3, 0.4) is 0 Å². The number of hydrogen-bond acceptors (Lipinski definition) is 3. The predicted molar refractivity (Wildman–Crippen MR) is 80.6 cm³/mol. The fraction of sp³-hybridized carbons (Fsp3) is 0.294. The van der Waals surface area contributed by atoms with Crippen LogP contribution in [0.15, 0.2) is 36.4 Å². The van der Waals surface area contributed by atoms with Crippen molar-refractivity contribution in [2.45, 2.75) is 26.4 Å². The van der Waals surface area contributed by atoms with Crippen LogP contribution >= 0.6 is 0 Å². The zero-order valence-corrected chi connectivity index (χ0v) is 11.8. The second-order valence-corrected chi connectivity index (χ2v) is 5.36. The minimum absolute atomic E-state index is 0.0878. The van der Waals surface area contributed by atoms with Gasteiger partial charge in [0.1, 0.15) is 17.6 Å². The molecule has 0 amide bonds. The summed E-state index contributed by atoms with van der Waals surface area (Å²) in [4.78, 5) is 0. The van der Waals surface area contributed by atoms with E-state index >= 15 is 0 Å². The summed E-state index contributed by atoms with van der Waals surface area (Å²) in [6.45, 7) is 5.07. The zero-order chi connectivity index (χ0) is 14.1. The SMILES string of the molecule is Cc1cccc(CC2CNc3ccc(O)cc3O2)c1C. The van der Waals surface area contributed by atoms with Crippen LogP contribution in [0, 0.1) is 13.8 Å². The van der Waals surface area contributed by atoms with Crippen molar-refractivity contribution in [2.24, 2.45) is 0 Å². The summed E-state index contributed by atoms with van der Waals surface area (Å²) in [5, 5.41) is 12.9. The van der Waals surface area contributed by atoms with Gasteiger partial charge in [0.2, 0.25) is 0 Å². The van der Waals surface area contributed by atoms with E-state index in [0.717, 1.165) is 24.4 Å². The molecule has 0 saturated heterocycles. The van der Waals surface area contributed by atoms with E-state index in [1.54, 1.807) is 12.1 Å². The monoisotopic (exact) mass is 269 g/mol. The van der Waals surface area contributed by atoms with E-state index in [1.165, 1.54) is 16.7 Å². The molecule has 1 heterocycles. The van der Waals surface area contributed by atoms with E-state index in [-0.39, 0.29) is 11.9 Å². The number of phenolic OH excluding ortho intramolecular Hbond substituents is 1. The largest absolute Gasteiger partial charge is 0.508 e. The highest BCUT2D eigenvalue weighted by Crippen LogP contribution is 2.33. The molecule has 0 aromatic heterocycles. The number of hydrogen-bond donors (Lipinski definition) is 2. The molecule has 2 N–H and O–H groups in total. The molecule has 1 atom stereocenters. The van der Waals surface area contributed by atoms with Gasteiger partial charge >= 0.3 is 0 Å². The maximum absolute atomic E-state index is 9.54. The lowest BCUT2D eigenvalue weighted by Crippen LogP contribution is -2.32. The molecule has 104 valence electrons. The summed E-state index contributed by atoms with van der Waals surface area (Å²) in [6.07, 6.45) is 0.958. The van der Waals surface area contributed by atoms with Gasteiger partial charge in [-0.1, -0.05) is 18.2 Å². The van der Waals surface area contributed by atoms with Crippen LogP contribution in [0.4, 0.5) is 5.69 Å². The van der Waals surface area contributed by atoms with Gasteiger partial charge < -0.3 is 15.2 Å². The zero-order valence-electron chi connectivity index (χ0n) is 11.8. The van der Waals surface area contributed by atoms with Crippen LogP contribution in [0.2, 0.25) is 0 Å². The molecule has 0 radical (unpaired) electrons. The lowest BCUT2D eigenvalue weighted by atomic mass is 9.98.